The summed E-state index contributed by atoms with van der Waals surface area (Å²) < 4.78 is 1.45. The summed E-state index contributed by atoms with van der Waals surface area (Å²) in [6, 6.07) is 0. The lowest BCUT2D eigenvalue weighted by Gasteiger charge is -2.08. The predicted molar refractivity (Wildman–Crippen MR) is 46.5 cm³/mol. The Bertz CT molecular complexity index is 375. The molecular formula is C8H12N4. The van der Waals surface area contributed by atoms with E-state index in [1.807, 2.05) is 20.8 Å². The van der Waals surface area contributed by atoms with Gasteiger partial charge in [0.1, 0.15) is 0 Å². The lowest BCUT2D eigenvalue weighted by molar-refractivity contribution is 0.827. The zero-order valence-electron chi connectivity index (χ0n) is 7.47. The summed E-state index contributed by atoms with van der Waals surface area (Å²) in [7, 11) is 0. The molecule has 0 spiro atoms. The minimum atomic E-state index is 0.116. The Morgan fingerprint density at radius 1 is 1.33 bits per heavy atom. The molecule has 0 aliphatic rings. The predicted octanol–water partition coefficient (Wildman–Crippen LogP) is 0.743. The van der Waals surface area contributed by atoms with E-state index in [0.29, 0.717) is 0 Å². The quantitative estimate of drug-likeness (QED) is 0.466. The summed E-state index contributed by atoms with van der Waals surface area (Å²) in [5, 5.41) is 14.5. The monoisotopic (exact) mass is 164 g/mol. The zero-order valence-corrected chi connectivity index (χ0v) is 7.47. The lowest BCUT2D eigenvalue weighted by atomic mass is 10.2. The summed E-state index contributed by atoms with van der Waals surface area (Å²) in [6.07, 6.45) is 1.11. The van der Waals surface area contributed by atoms with Gasteiger partial charge in [0.2, 0.25) is 5.62 Å². The first kappa shape index (κ1) is 8.64. The van der Waals surface area contributed by atoms with E-state index < -0.39 is 0 Å². The molecule has 0 bridgehead atoms. The van der Waals surface area contributed by atoms with Crippen LogP contribution in [0.4, 0.5) is 0 Å². The smallest absolute Gasteiger partial charge is 0.227 e. The van der Waals surface area contributed by atoms with Gasteiger partial charge in [-0.25, -0.2) is 4.98 Å². The molecule has 1 heterocycles. The Morgan fingerprint density at radius 3 is 2.42 bits per heavy atom. The van der Waals surface area contributed by atoms with Crippen LogP contribution < -0.4 is 5.62 Å². The minimum absolute atomic E-state index is 0.116. The van der Waals surface area contributed by atoms with Crippen LogP contribution in [0.3, 0.4) is 0 Å². The average molecular weight is 164 g/mol. The third-order valence-electron chi connectivity index (χ3n) is 2.08. The van der Waals surface area contributed by atoms with Crippen LogP contribution in [0.2, 0.25) is 0 Å². The summed E-state index contributed by atoms with van der Waals surface area (Å²) in [5.74, 6) is 0. The van der Waals surface area contributed by atoms with E-state index in [1.54, 1.807) is 0 Å². The highest BCUT2D eigenvalue weighted by Crippen LogP contribution is 2.04. The Hall–Kier alpha value is -1.45. The maximum absolute atomic E-state index is 7.45. The fraction of sp³-hybridized carbons (Fsp3) is 0.375. The van der Waals surface area contributed by atoms with Crippen molar-refractivity contribution in [2.45, 2.75) is 20.8 Å². The molecule has 0 radical (unpaired) electrons. The number of hydrogen-bond donors (Lipinski definition) is 2. The van der Waals surface area contributed by atoms with Crippen molar-refractivity contribution >= 4 is 6.34 Å². The SMILES string of the molecule is Cc1nc(=N)n(C=N)c(C)c1C. The topological polar surface area (TPSA) is 65.5 Å². The van der Waals surface area contributed by atoms with Crippen LogP contribution in [-0.2, 0) is 0 Å². The number of hydrogen-bond acceptors (Lipinski definition) is 3. The normalized spacial score (nSPS) is 9.92. The number of aromatic nitrogens is 2. The van der Waals surface area contributed by atoms with E-state index in [4.69, 9.17) is 10.8 Å². The van der Waals surface area contributed by atoms with Gasteiger partial charge >= 0.3 is 0 Å². The molecule has 4 heteroatoms. The zero-order chi connectivity index (χ0) is 9.30. The van der Waals surface area contributed by atoms with E-state index in [1.165, 1.54) is 4.57 Å². The van der Waals surface area contributed by atoms with Gasteiger partial charge in [-0.15, -0.1) is 0 Å². The molecule has 0 amide bonds. The molecule has 64 valence electrons. The van der Waals surface area contributed by atoms with E-state index in [2.05, 4.69) is 4.98 Å². The lowest BCUT2D eigenvalue weighted by Crippen LogP contribution is -2.26. The van der Waals surface area contributed by atoms with E-state index in [0.717, 1.165) is 23.3 Å². The summed E-state index contributed by atoms with van der Waals surface area (Å²) in [6.45, 7) is 5.69. The minimum Gasteiger partial charge on any atom is -0.291 e. The van der Waals surface area contributed by atoms with E-state index >= 15 is 0 Å². The third kappa shape index (κ3) is 1.15. The standard InChI is InChI=1S/C8H12N4/c1-5-6(2)11-8(10)12(4-9)7(5)3/h4,9-10H,1-3H3. The summed E-state index contributed by atoms with van der Waals surface area (Å²) >= 11 is 0. The molecule has 4 nitrogen and oxygen atoms in total. The van der Waals surface area contributed by atoms with Gasteiger partial charge in [0.15, 0.2) is 0 Å². The van der Waals surface area contributed by atoms with Gasteiger partial charge in [0.05, 0.1) is 6.34 Å². The van der Waals surface area contributed by atoms with Crippen LogP contribution in [-0.4, -0.2) is 15.9 Å². The second-order valence-electron chi connectivity index (χ2n) is 2.73. The summed E-state index contributed by atoms with van der Waals surface area (Å²) in [5.41, 5.74) is 2.92. The van der Waals surface area contributed by atoms with Crippen LogP contribution in [0.15, 0.2) is 0 Å². The average Bonchev–Trinajstić information content (AvgIpc) is 2.01. The second kappa shape index (κ2) is 2.89. The van der Waals surface area contributed by atoms with Crippen molar-refractivity contribution in [1.82, 2.24) is 9.55 Å². The van der Waals surface area contributed by atoms with Crippen molar-refractivity contribution in [1.29, 1.82) is 10.8 Å². The molecule has 0 unspecified atom stereocenters. The van der Waals surface area contributed by atoms with Crippen molar-refractivity contribution in [3.05, 3.63) is 22.6 Å². The van der Waals surface area contributed by atoms with E-state index in [9.17, 15) is 0 Å². The number of aryl methyl sites for hydroxylation is 1. The van der Waals surface area contributed by atoms with Crippen LogP contribution >= 0.6 is 0 Å². The van der Waals surface area contributed by atoms with E-state index in [-0.39, 0.29) is 5.62 Å². The van der Waals surface area contributed by atoms with Crippen molar-refractivity contribution in [2.75, 3.05) is 0 Å². The molecular weight excluding hydrogens is 152 g/mol. The highest BCUT2D eigenvalue weighted by Gasteiger charge is 2.02. The van der Waals surface area contributed by atoms with Crippen LogP contribution in [0.25, 0.3) is 0 Å². The van der Waals surface area contributed by atoms with Gasteiger partial charge in [-0.2, -0.15) is 0 Å². The molecule has 12 heavy (non-hydrogen) atoms. The second-order valence-corrected chi connectivity index (χ2v) is 2.73. The maximum atomic E-state index is 7.45. The maximum Gasteiger partial charge on any atom is 0.227 e. The van der Waals surface area contributed by atoms with Crippen molar-refractivity contribution in [3.63, 3.8) is 0 Å². The Kier molecular flexibility index (Phi) is 2.08. The van der Waals surface area contributed by atoms with Gasteiger partial charge in [-0.3, -0.25) is 15.4 Å². The van der Waals surface area contributed by atoms with Gasteiger partial charge in [0, 0.05) is 11.4 Å². The van der Waals surface area contributed by atoms with Gasteiger partial charge in [0.25, 0.3) is 0 Å². The molecule has 0 aliphatic heterocycles. The fourth-order valence-electron chi connectivity index (χ4n) is 1.06. The van der Waals surface area contributed by atoms with Crippen LogP contribution in [0.1, 0.15) is 17.0 Å². The van der Waals surface area contributed by atoms with Crippen molar-refractivity contribution in [3.8, 4) is 0 Å². The molecule has 1 aromatic rings. The number of rotatable bonds is 1. The third-order valence-corrected chi connectivity index (χ3v) is 2.08. The molecule has 0 saturated carbocycles. The molecule has 0 saturated heterocycles. The van der Waals surface area contributed by atoms with Gasteiger partial charge in [-0.1, -0.05) is 0 Å². The Balaban J connectivity index is 3.62. The number of nitrogens with one attached hydrogen (secondary N) is 2. The first-order chi connectivity index (χ1) is 5.57. The van der Waals surface area contributed by atoms with Gasteiger partial charge in [-0.05, 0) is 26.3 Å². The van der Waals surface area contributed by atoms with Crippen LogP contribution in [0, 0.1) is 31.6 Å². The van der Waals surface area contributed by atoms with Crippen molar-refractivity contribution in [2.24, 2.45) is 0 Å². The highest BCUT2D eigenvalue weighted by molar-refractivity contribution is 5.55. The molecule has 1 rings (SSSR count). The van der Waals surface area contributed by atoms with Crippen molar-refractivity contribution < 1.29 is 0 Å². The number of nitrogens with zero attached hydrogens (tertiary/aromatic N) is 2. The molecule has 0 aliphatic carbocycles. The molecule has 0 atom stereocenters. The highest BCUT2D eigenvalue weighted by atomic mass is 15.1. The molecule has 0 aromatic carbocycles. The largest absolute Gasteiger partial charge is 0.291 e. The molecule has 1 aromatic heterocycles. The van der Waals surface area contributed by atoms with Crippen LogP contribution in [0.5, 0.6) is 0 Å². The Morgan fingerprint density at radius 2 is 1.92 bits per heavy atom. The molecule has 0 fully saturated rings. The first-order valence-electron chi connectivity index (χ1n) is 3.69. The summed E-state index contributed by atoms with van der Waals surface area (Å²) in [4.78, 5) is 3.98. The van der Waals surface area contributed by atoms with Gasteiger partial charge < -0.3 is 0 Å². The molecule has 2 N–H and O–H groups in total. The Labute approximate surface area is 70.9 Å². The first-order valence-corrected chi connectivity index (χ1v) is 3.69. The fourth-order valence-corrected chi connectivity index (χ4v) is 1.06.